The summed E-state index contributed by atoms with van der Waals surface area (Å²) in [5.74, 6) is 2.74. The first-order chi connectivity index (χ1) is 17.7. The predicted molar refractivity (Wildman–Crippen MR) is 139 cm³/mol. The van der Waals surface area contributed by atoms with Crippen LogP contribution in [0, 0.1) is 0 Å². The highest BCUT2D eigenvalue weighted by Crippen LogP contribution is 2.36. The van der Waals surface area contributed by atoms with Crippen molar-refractivity contribution in [1.29, 1.82) is 0 Å². The van der Waals surface area contributed by atoms with E-state index < -0.39 is 5.60 Å². The van der Waals surface area contributed by atoms with Crippen LogP contribution in [0.15, 0.2) is 103 Å². The summed E-state index contributed by atoms with van der Waals surface area (Å²) in [4.78, 5) is 4.18. The molecule has 0 aliphatic carbocycles. The molecule has 6 heteroatoms. The summed E-state index contributed by atoms with van der Waals surface area (Å²) in [5.41, 5.74) is 1.71. The van der Waals surface area contributed by atoms with E-state index >= 15 is 0 Å². The van der Waals surface area contributed by atoms with Crippen LogP contribution in [0.5, 0.6) is 23.1 Å². The van der Waals surface area contributed by atoms with E-state index in [2.05, 4.69) is 34.6 Å². The third kappa shape index (κ3) is 5.67. The van der Waals surface area contributed by atoms with Crippen molar-refractivity contribution in [2.24, 2.45) is 0 Å². The normalized spacial score (nSPS) is 18.2. The van der Waals surface area contributed by atoms with Crippen LogP contribution in [0.25, 0.3) is 0 Å². The third-order valence-corrected chi connectivity index (χ3v) is 6.05. The van der Waals surface area contributed by atoms with E-state index in [4.69, 9.17) is 18.9 Å². The Balaban J connectivity index is 1.24. The molecule has 184 valence electrons. The standard InChI is InChI=1S/C30H30N2O4/c1-23(35-29-12-5-6-17-32-29)21-33-27-10-7-11-28(20-27)36-26-15-13-25(14-16-26)30(22-31-18-19-34-30)24-8-3-2-4-9-24/h2-17,20,23,31H,18-19,21-22H2,1H3. The molecule has 2 heterocycles. The molecule has 36 heavy (non-hydrogen) atoms. The van der Waals surface area contributed by atoms with Gasteiger partial charge in [0.15, 0.2) is 0 Å². The number of nitrogens with one attached hydrogen (secondary N) is 1. The Bertz CT molecular complexity index is 1230. The van der Waals surface area contributed by atoms with E-state index in [1.807, 2.05) is 79.7 Å². The number of pyridine rings is 1. The molecular formula is C30H30N2O4. The second-order valence-electron chi connectivity index (χ2n) is 8.73. The average molecular weight is 483 g/mol. The Morgan fingerprint density at radius 1 is 0.861 bits per heavy atom. The highest BCUT2D eigenvalue weighted by molar-refractivity contribution is 5.42. The van der Waals surface area contributed by atoms with Gasteiger partial charge in [0.1, 0.15) is 35.6 Å². The summed E-state index contributed by atoms with van der Waals surface area (Å²) in [6, 6.07) is 31.6. The number of hydrogen-bond acceptors (Lipinski definition) is 6. The topological polar surface area (TPSA) is 61.8 Å². The molecule has 0 bridgehead atoms. The molecular weight excluding hydrogens is 452 g/mol. The van der Waals surface area contributed by atoms with Crippen LogP contribution >= 0.6 is 0 Å². The number of morpholine rings is 1. The summed E-state index contributed by atoms with van der Waals surface area (Å²) in [6.45, 7) is 4.57. The van der Waals surface area contributed by atoms with Gasteiger partial charge in [-0.15, -0.1) is 0 Å². The molecule has 6 nitrogen and oxygen atoms in total. The molecule has 1 saturated heterocycles. The van der Waals surface area contributed by atoms with E-state index in [1.165, 1.54) is 0 Å². The molecule has 1 fully saturated rings. The van der Waals surface area contributed by atoms with Crippen molar-refractivity contribution in [1.82, 2.24) is 10.3 Å². The Kier molecular flexibility index (Phi) is 7.45. The molecule has 1 aliphatic heterocycles. The molecule has 2 unspecified atom stereocenters. The van der Waals surface area contributed by atoms with Gasteiger partial charge in [-0.25, -0.2) is 4.98 Å². The highest BCUT2D eigenvalue weighted by Gasteiger charge is 2.37. The zero-order valence-corrected chi connectivity index (χ0v) is 20.3. The Morgan fingerprint density at radius 3 is 2.39 bits per heavy atom. The Labute approximate surface area is 211 Å². The van der Waals surface area contributed by atoms with Gasteiger partial charge in [-0.2, -0.15) is 0 Å². The van der Waals surface area contributed by atoms with Crippen LogP contribution in [0.3, 0.4) is 0 Å². The van der Waals surface area contributed by atoms with Gasteiger partial charge in [0.2, 0.25) is 5.88 Å². The van der Waals surface area contributed by atoms with Crippen molar-refractivity contribution >= 4 is 0 Å². The van der Waals surface area contributed by atoms with Gasteiger partial charge < -0.3 is 24.3 Å². The second kappa shape index (κ2) is 11.2. The van der Waals surface area contributed by atoms with Gasteiger partial charge in [0.05, 0.1) is 6.61 Å². The molecule has 0 radical (unpaired) electrons. The molecule has 0 saturated carbocycles. The van der Waals surface area contributed by atoms with E-state index in [0.717, 1.165) is 30.0 Å². The fraction of sp³-hybridized carbons (Fsp3) is 0.233. The molecule has 3 aromatic carbocycles. The van der Waals surface area contributed by atoms with Crippen molar-refractivity contribution in [2.45, 2.75) is 18.6 Å². The van der Waals surface area contributed by atoms with Crippen molar-refractivity contribution in [3.63, 3.8) is 0 Å². The molecule has 0 spiro atoms. The molecule has 5 rings (SSSR count). The van der Waals surface area contributed by atoms with Gasteiger partial charge in [-0.1, -0.05) is 54.6 Å². The first kappa shape index (κ1) is 23.9. The maximum absolute atomic E-state index is 6.36. The molecule has 4 aromatic rings. The maximum atomic E-state index is 6.36. The van der Waals surface area contributed by atoms with E-state index in [9.17, 15) is 0 Å². The largest absolute Gasteiger partial charge is 0.490 e. The Morgan fingerprint density at radius 2 is 1.64 bits per heavy atom. The van der Waals surface area contributed by atoms with Crippen LogP contribution in [-0.2, 0) is 10.3 Å². The molecule has 1 aliphatic rings. The van der Waals surface area contributed by atoms with Crippen LogP contribution in [0.4, 0.5) is 0 Å². The fourth-order valence-electron chi connectivity index (χ4n) is 4.28. The van der Waals surface area contributed by atoms with Gasteiger partial charge in [-0.3, -0.25) is 0 Å². The lowest BCUT2D eigenvalue weighted by atomic mass is 9.85. The van der Waals surface area contributed by atoms with Crippen LogP contribution in [0.2, 0.25) is 0 Å². The van der Waals surface area contributed by atoms with Gasteiger partial charge in [-0.05, 0) is 48.4 Å². The molecule has 1 N–H and O–H groups in total. The van der Waals surface area contributed by atoms with Crippen LogP contribution in [-0.4, -0.2) is 37.4 Å². The monoisotopic (exact) mass is 482 g/mol. The van der Waals surface area contributed by atoms with E-state index in [0.29, 0.717) is 30.6 Å². The van der Waals surface area contributed by atoms with E-state index in [1.54, 1.807) is 6.20 Å². The zero-order valence-electron chi connectivity index (χ0n) is 20.3. The number of ether oxygens (including phenoxy) is 4. The minimum absolute atomic E-state index is 0.148. The lowest BCUT2D eigenvalue weighted by Crippen LogP contribution is -2.48. The third-order valence-electron chi connectivity index (χ3n) is 6.05. The molecule has 1 aromatic heterocycles. The van der Waals surface area contributed by atoms with Crippen molar-refractivity contribution < 1.29 is 18.9 Å². The minimum atomic E-state index is -0.514. The van der Waals surface area contributed by atoms with Gasteiger partial charge in [0.25, 0.3) is 0 Å². The summed E-state index contributed by atoms with van der Waals surface area (Å²) < 4.78 is 24.2. The molecule has 2 atom stereocenters. The number of benzene rings is 3. The number of hydrogen-bond donors (Lipinski definition) is 1. The first-order valence-corrected chi connectivity index (χ1v) is 12.2. The maximum Gasteiger partial charge on any atom is 0.213 e. The average Bonchev–Trinajstić information content (AvgIpc) is 2.94. The van der Waals surface area contributed by atoms with Crippen molar-refractivity contribution in [2.75, 3.05) is 26.3 Å². The van der Waals surface area contributed by atoms with Gasteiger partial charge >= 0.3 is 0 Å². The number of aromatic nitrogens is 1. The van der Waals surface area contributed by atoms with E-state index in [-0.39, 0.29) is 6.10 Å². The summed E-state index contributed by atoms with van der Waals surface area (Å²) in [7, 11) is 0. The van der Waals surface area contributed by atoms with Crippen molar-refractivity contribution in [3.8, 4) is 23.1 Å². The number of nitrogens with zero attached hydrogens (tertiary/aromatic N) is 1. The summed E-state index contributed by atoms with van der Waals surface area (Å²) >= 11 is 0. The summed E-state index contributed by atoms with van der Waals surface area (Å²) in [5, 5.41) is 3.48. The van der Waals surface area contributed by atoms with Gasteiger partial charge in [0, 0.05) is 31.4 Å². The van der Waals surface area contributed by atoms with Crippen LogP contribution < -0.4 is 19.5 Å². The molecule has 0 amide bonds. The highest BCUT2D eigenvalue weighted by atomic mass is 16.5. The first-order valence-electron chi connectivity index (χ1n) is 12.2. The van der Waals surface area contributed by atoms with Crippen molar-refractivity contribution in [3.05, 3.63) is 114 Å². The zero-order chi connectivity index (χ0) is 24.6. The Hall–Kier alpha value is -3.87. The van der Waals surface area contributed by atoms with Crippen LogP contribution in [0.1, 0.15) is 18.1 Å². The SMILES string of the molecule is CC(COc1cccc(Oc2ccc(C3(c4ccccc4)CNCCO3)cc2)c1)Oc1ccccn1. The predicted octanol–water partition coefficient (Wildman–Crippen LogP) is 5.58. The second-order valence-corrected chi connectivity index (χ2v) is 8.73. The number of rotatable bonds is 9. The minimum Gasteiger partial charge on any atom is -0.490 e. The quantitative estimate of drug-likeness (QED) is 0.336. The lowest BCUT2D eigenvalue weighted by Gasteiger charge is -2.38. The summed E-state index contributed by atoms with van der Waals surface area (Å²) in [6.07, 6.45) is 1.56. The smallest absolute Gasteiger partial charge is 0.213 e. The fourth-order valence-corrected chi connectivity index (χ4v) is 4.28. The lowest BCUT2D eigenvalue weighted by molar-refractivity contribution is -0.0404.